The van der Waals surface area contributed by atoms with E-state index in [1.807, 2.05) is 0 Å². The van der Waals surface area contributed by atoms with Crippen molar-refractivity contribution in [3.05, 3.63) is 64.9 Å². The van der Waals surface area contributed by atoms with Gasteiger partial charge in [0, 0.05) is 16.3 Å². The van der Waals surface area contributed by atoms with E-state index in [-0.39, 0.29) is 0 Å². The quantitative estimate of drug-likeness (QED) is 0.806. The van der Waals surface area contributed by atoms with Crippen LogP contribution in [0.15, 0.2) is 48.5 Å². The highest BCUT2D eigenvalue weighted by molar-refractivity contribution is 6.32. The largest absolute Gasteiger partial charge is 0.325 e. The Labute approximate surface area is 153 Å². The highest BCUT2D eigenvalue weighted by Crippen LogP contribution is 2.33. The van der Waals surface area contributed by atoms with E-state index in [0.717, 1.165) is 4.90 Å². The fraction of sp³-hybridized carbons (Fsp3) is 0.167. The summed E-state index contributed by atoms with van der Waals surface area (Å²) in [6.07, 6.45) is 0. The average molecular weight is 376 g/mol. The molecule has 0 unspecified atom stereocenters. The molecule has 1 atom stereocenters. The van der Waals surface area contributed by atoms with Crippen molar-refractivity contribution in [2.45, 2.75) is 12.5 Å². The molecule has 1 aliphatic rings. The molecule has 2 aromatic rings. The number of rotatable bonds is 4. The van der Waals surface area contributed by atoms with Crippen LogP contribution in [0.25, 0.3) is 0 Å². The van der Waals surface area contributed by atoms with E-state index in [2.05, 4.69) is 10.6 Å². The molecule has 4 amide bonds. The number of nitrogens with one attached hydrogen (secondary N) is 2. The highest BCUT2D eigenvalue weighted by atomic mass is 35.5. The summed E-state index contributed by atoms with van der Waals surface area (Å²) in [7, 11) is 0. The zero-order valence-electron chi connectivity index (χ0n) is 13.8. The van der Waals surface area contributed by atoms with Gasteiger partial charge in [0.1, 0.15) is 17.9 Å². The number of nitrogens with zero attached hydrogens (tertiary/aromatic N) is 1. The SMILES string of the molecule is C[C@]1(c2ccccc2Cl)NC(=O)N(CC(=O)Nc2ccc(F)cc2)C1=O. The van der Waals surface area contributed by atoms with Gasteiger partial charge in [-0.15, -0.1) is 0 Å². The van der Waals surface area contributed by atoms with Crippen LogP contribution in [0.2, 0.25) is 5.02 Å². The van der Waals surface area contributed by atoms with E-state index in [0.29, 0.717) is 16.3 Å². The number of carbonyl (C=O) groups is 3. The third-order valence-corrected chi connectivity index (χ3v) is 4.45. The Morgan fingerprint density at radius 3 is 2.50 bits per heavy atom. The molecule has 26 heavy (non-hydrogen) atoms. The van der Waals surface area contributed by atoms with Gasteiger partial charge in [-0.1, -0.05) is 29.8 Å². The van der Waals surface area contributed by atoms with E-state index in [1.165, 1.54) is 31.2 Å². The van der Waals surface area contributed by atoms with Crippen molar-refractivity contribution in [1.29, 1.82) is 0 Å². The molecule has 1 heterocycles. The smallest absolute Gasteiger partial charge is 0.325 e. The number of halogens is 2. The molecule has 0 spiro atoms. The minimum absolute atomic E-state index is 0.335. The van der Waals surface area contributed by atoms with Gasteiger partial charge < -0.3 is 10.6 Å². The number of hydrogen-bond donors (Lipinski definition) is 2. The van der Waals surface area contributed by atoms with Crippen LogP contribution in [0, 0.1) is 5.82 Å². The molecule has 0 aliphatic carbocycles. The van der Waals surface area contributed by atoms with Crippen LogP contribution in [0.3, 0.4) is 0 Å². The molecule has 3 rings (SSSR count). The van der Waals surface area contributed by atoms with Crippen LogP contribution in [-0.4, -0.2) is 29.3 Å². The number of amides is 4. The average Bonchev–Trinajstić information content (AvgIpc) is 2.81. The van der Waals surface area contributed by atoms with Crippen molar-refractivity contribution in [3.8, 4) is 0 Å². The summed E-state index contributed by atoms with van der Waals surface area (Å²) in [5, 5.41) is 5.43. The molecule has 0 aromatic heterocycles. The van der Waals surface area contributed by atoms with Crippen molar-refractivity contribution < 1.29 is 18.8 Å². The summed E-state index contributed by atoms with van der Waals surface area (Å²) in [6.45, 7) is 1.06. The number of hydrogen-bond acceptors (Lipinski definition) is 3. The zero-order valence-corrected chi connectivity index (χ0v) is 14.5. The Morgan fingerprint density at radius 1 is 1.19 bits per heavy atom. The van der Waals surface area contributed by atoms with E-state index < -0.39 is 35.7 Å². The lowest BCUT2D eigenvalue weighted by Gasteiger charge is -2.23. The van der Waals surface area contributed by atoms with Gasteiger partial charge in [0.15, 0.2) is 0 Å². The van der Waals surface area contributed by atoms with Crippen molar-refractivity contribution >= 4 is 35.1 Å². The zero-order chi connectivity index (χ0) is 18.9. The normalized spacial score (nSPS) is 19.4. The molecule has 1 aliphatic heterocycles. The third kappa shape index (κ3) is 3.25. The summed E-state index contributed by atoms with van der Waals surface area (Å²) >= 11 is 6.15. The van der Waals surface area contributed by atoms with Crippen molar-refractivity contribution in [2.24, 2.45) is 0 Å². The Bertz CT molecular complexity index is 888. The van der Waals surface area contributed by atoms with Gasteiger partial charge in [-0.25, -0.2) is 9.18 Å². The number of urea groups is 1. The highest BCUT2D eigenvalue weighted by Gasteiger charge is 2.50. The van der Waals surface area contributed by atoms with Crippen LogP contribution in [0.4, 0.5) is 14.9 Å². The first-order chi connectivity index (χ1) is 12.3. The van der Waals surface area contributed by atoms with E-state index >= 15 is 0 Å². The maximum atomic E-state index is 12.9. The first kappa shape index (κ1) is 17.9. The lowest BCUT2D eigenvalue weighted by Crippen LogP contribution is -2.42. The van der Waals surface area contributed by atoms with Crippen molar-refractivity contribution in [2.75, 3.05) is 11.9 Å². The molecule has 6 nitrogen and oxygen atoms in total. The van der Waals surface area contributed by atoms with E-state index in [4.69, 9.17) is 11.6 Å². The predicted molar refractivity (Wildman–Crippen MR) is 94.1 cm³/mol. The van der Waals surface area contributed by atoms with Crippen LogP contribution in [0.5, 0.6) is 0 Å². The van der Waals surface area contributed by atoms with Crippen LogP contribution < -0.4 is 10.6 Å². The second-order valence-corrected chi connectivity index (χ2v) is 6.39. The molecule has 8 heteroatoms. The molecular weight excluding hydrogens is 361 g/mol. The first-order valence-corrected chi connectivity index (χ1v) is 8.13. The molecule has 2 aromatic carbocycles. The fourth-order valence-corrected chi connectivity index (χ4v) is 3.09. The summed E-state index contributed by atoms with van der Waals surface area (Å²) < 4.78 is 12.9. The fourth-order valence-electron chi connectivity index (χ4n) is 2.77. The van der Waals surface area contributed by atoms with E-state index in [1.54, 1.807) is 24.3 Å². The summed E-state index contributed by atoms with van der Waals surface area (Å²) in [4.78, 5) is 38.0. The number of carbonyl (C=O) groups excluding carboxylic acids is 3. The Hall–Kier alpha value is -2.93. The summed E-state index contributed by atoms with van der Waals surface area (Å²) in [5.41, 5.74) is -0.551. The second-order valence-electron chi connectivity index (χ2n) is 5.98. The van der Waals surface area contributed by atoms with Crippen molar-refractivity contribution in [3.63, 3.8) is 0 Å². The molecular formula is C18H15ClFN3O3. The van der Waals surface area contributed by atoms with Gasteiger partial charge in [0.2, 0.25) is 5.91 Å². The maximum Gasteiger partial charge on any atom is 0.325 e. The molecule has 134 valence electrons. The number of anilines is 1. The number of imide groups is 1. The molecule has 2 N–H and O–H groups in total. The summed E-state index contributed by atoms with van der Waals surface area (Å²) in [5.74, 6) is -1.60. The summed E-state index contributed by atoms with van der Waals surface area (Å²) in [6, 6.07) is 11.1. The van der Waals surface area contributed by atoms with Gasteiger partial charge in [0.05, 0.1) is 0 Å². The topological polar surface area (TPSA) is 78.5 Å². The minimum Gasteiger partial charge on any atom is -0.325 e. The van der Waals surface area contributed by atoms with Crippen molar-refractivity contribution in [1.82, 2.24) is 10.2 Å². The van der Waals surface area contributed by atoms with Gasteiger partial charge >= 0.3 is 6.03 Å². The number of benzene rings is 2. The first-order valence-electron chi connectivity index (χ1n) is 7.76. The molecule has 0 bridgehead atoms. The minimum atomic E-state index is -1.36. The molecule has 0 saturated carbocycles. The molecule has 0 radical (unpaired) electrons. The lowest BCUT2D eigenvalue weighted by molar-refractivity contribution is -0.133. The molecule has 1 saturated heterocycles. The van der Waals surface area contributed by atoms with Crippen LogP contribution in [-0.2, 0) is 15.1 Å². The third-order valence-electron chi connectivity index (χ3n) is 4.12. The van der Waals surface area contributed by atoms with Gasteiger partial charge in [-0.3, -0.25) is 14.5 Å². The van der Waals surface area contributed by atoms with E-state index in [9.17, 15) is 18.8 Å². The van der Waals surface area contributed by atoms with Crippen LogP contribution >= 0.6 is 11.6 Å². The van der Waals surface area contributed by atoms with Crippen LogP contribution in [0.1, 0.15) is 12.5 Å². The maximum absolute atomic E-state index is 12.9. The predicted octanol–water partition coefficient (Wildman–Crippen LogP) is 2.88. The van der Waals surface area contributed by atoms with Gasteiger partial charge in [-0.05, 0) is 37.3 Å². The second kappa shape index (κ2) is 6.76. The Kier molecular flexibility index (Phi) is 4.65. The standard InChI is InChI=1S/C18H15ClFN3O3/c1-18(13-4-2-3-5-14(13)19)16(25)23(17(26)22-18)10-15(24)21-12-8-6-11(20)7-9-12/h2-9H,10H2,1H3,(H,21,24)(H,22,26)/t18-/m1/s1. The Morgan fingerprint density at radius 2 is 1.85 bits per heavy atom. The monoisotopic (exact) mass is 375 g/mol. The molecule has 1 fully saturated rings. The Balaban J connectivity index is 1.76. The van der Waals surface area contributed by atoms with Gasteiger partial charge in [-0.2, -0.15) is 0 Å². The lowest BCUT2D eigenvalue weighted by atomic mass is 9.92. The van der Waals surface area contributed by atoms with Gasteiger partial charge in [0.25, 0.3) is 5.91 Å².